The van der Waals surface area contributed by atoms with E-state index in [4.69, 9.17) is 5.73 Å². The highest BCUT2D eigenvalue weighted by Gasteiger charge is 2.20. The molecule has 0 heterocycles. The standard InChI is InChI=1S/C19H40N4O2/c1-15(2)11-7-5-6-8-12-21-17(16(3)4)18(24)22-13-9-10-14-23-19(20)25/h15-17,21H,5-14H2,1-4H3,(H,22,24)(H3,20,23,25)/t17-/m0/s1. The lowest BCUT2D eigenvalue weighted by Crippen LogP contribution is -2.48. The maximum atomic E-state index is 12.3. The number of primary amides is 1. The number of carbonyl (C=O) groups is 2. The topological polar surface area (TPSA) is 96.2 Å². The SMILES string of the molecule is CC(C)CCCCCCN[C@H](C(=O)NCCCCNC(N)=O)C(C)C. The second-order valence-corrected chi connectivity index (χ2v) is 7.56. The van der Waals surface area contributed by atoms with E-state index in [0.717, 1.165) is 31.7 Å². The van der Waals surface area contributed by atoms with Crippen molar-refractivity contribution in [3.63, 3.8) is 0 Å². The average Bonchev–Trinajstić information content (AvgIpc) is 2.52. The van der Waals surface area contributed by atoms with Gasteiger partial charge in [-0.1, -0.05) is 53.4 Å². The third kappa shape index (κ3) is 14.7. The van der Waals surface area contributed by atoms with E-state index in [1.165, 1.54) is 25.7 Å². The third-order valence-corrected chi connectivity index (χ3v) is 4.22. The van der Waals surface area contributed by atoms with Gasteiger partial charge in [0.1, 0.15) is 0 Å². The molecule has 0 aromatic rings. The Morgan fingerprint density at radius 2 is 1.36 bits per heavy atom. The Morgan fingerprint density at radius 3 is 1.92 bits per heavy atom. The minimum Gasteiger partial charge on any atom is -0.355 e. The highest BCUT2D eigenvalue weighted by atomic mass is 16.2. The van der Waals surface area contributed by atoms with Gasteiger partial charge in [-0.25, -0.2) is 4.79 Å². The van der Waals surface area contributed by atoms with Gasteiger partial charge in [0.05, 0.1) is 6.04 Å². The summed E-state index contributed by atoms with van der Waals surface area (Å²) < 4.78 is 0. The van der Waals surface area contributed by atoms with Crippen LogP contribution in [0.4, 0.5) is 4.79 Å². The highest BCUT2D eigenvalue weighted by Crippen LogP contribution is 2.09. The van der Waals surface area contributed by atoms with Crippen LogP contribution in [0, 0.1) is 11.8 Å². The second-order valence-electron chi connectivity index (χ2n) is 7.56. The molecule has 3 amide bonds. The summed E-state index contributed by atoms with van der Waals surface area (Å²) in [5.41, 5.74) is 5.00. The van der Waals surface area contributed by atoms with Crippen LogP contribution in [-0.2, 0) is 4.79 Å². The maximum absolute atomic E-state index is 12.3. The van der Waals surface area contributed by atoms with Crippen LogP contribution < -0.4 is 21.7 Å². The summed E-state index contributed by atoms with van der Waals surface area (Å²) >= 11 is 0. The van der Waals surface area contributed by atoms with Crippen LogP contribution in [0.25, 0.3) is 0 Å². The molecular weight excluding hydrogens is 316 g/mol. The van der Waals surface area contributed by atoms with E-state index >= 15 is 0 Å². The number of amides is 3. The minimum absolute atomic E-state index is 0.0673. The molecule has 6 nitrogen and oxygen atoms in total. The Labute approximate surface area is 154 Å². The number of hydrogen-bond donors (Lipinski definition) is 4. The molecule has 0 saturated carbocycles. The summed E-state index contributed by atoms with van der Waals surface area (Å²) in [6, 6.07) is -0.642. The first kappa shape index (κ1) is 23.7. The Hall–Kier alpha value is -1.30. The summed E-state index contributed by atoms with van der Waals surface area (Å²) in [6.45, 7) is 10.7. The Morgan fingerprint density at radius 1 is 0.800 bits per heavy atom. The van der Waals surface area contributed by atoms with Crippen molar-refractivity contribution in [3.8, 4) is 0 Å². The number of unbranched alkanes of at least 4 members (excludes halogenated alkanes) is 4. The number of urea groups is 1. The molecule has 0 aliphatic heterocycles. The molecule has 0 saturated heterocycles. The first-order valence-electron chi connectivity index (χ1n) is 9.89. The van der Waals surface area contributed by atoms with E-state index in [-0.39, 0.29) is 17.9 Å². The molecule has 1 atom stereocenters. The van der Waals surface area contributed by atoms with Gasteiger partial charge in [0, 0.05) is 13.1 Å². The number of nitrogens with two attached hydrogens (primary N) is 1. The van der Waals surface area contributed by atoms with Crippen LogP contribution in [-0.4, -0.2) is 37.6 Å². The fourth-order valence-corrected chi connectivity index (χ4v) is 2.70. The molecule has 0 rings (SSSR count). The fraction of sp³-hybridized carbons (Fsp3) is 0.895. The molecule has 25 heavy (non-hydrogen) atoms. The Kier molecular flexibility index (Phi) is 14.2. The lowest BCUT2D eigenvalue weighted by atomic mass is 10.0. The van der Waals surface area contributed by atoms with Crippen molar-refractivity contribution < 1.29 is 9.59 Å². The van der Waals surface area contributed by atoms with Gasteiger partial charge in [-0.2, -0.15) is 0 Å². The summed E-state index contributed by atoms with van der Waals surface area (Å²) in [7, 11) is 0. The van der Waals surface area contributed by atoms with Gasteiger partial charge < -0.3 is 21.7 Å². The zero-order chi connectivity index (χ0) is 19.1. The van der Waals surface area contributed by atoms with Gasteiger partial charge in [-0.05, 0) is 37.6 Å². The van der Waals surface area contributed by atoms with Crippen molar-refractivity contribution in [3.05, 3.63) is 0 Å². The molecule has 0 fully saturated rings. The quantitative estimate of drug-likeness (QED) is 0.340. The average molecular weight is 357 g/mol. The molecule has 0 aliphatic carbocycles. The Bertz CT molecular complexity index is 359. The number of nitrogens with one attached hydrogen (secondary N) is 3. The van der Waals surface area contributed by atoms with Crippen molar-refractivity contribution in [2.45, 2.75) is 78.7 Å². The number of hydrogen-bond acceptors (Lipinski definition) is 3. The molecule has 0 aromatic carbocycles. The Balaban J connectivity index is 3.80. The number of rotatable bonds is 15. The van der Waals surface area contributed by atoms with E-state index in [0.29, 0.717) is 13.1 Å². The zero-order valence-electron chi connectivity index (χ0n) is 16.7. The summed E-state index contributed by atoms with van der Waals surface area (Å²) in [4.78, 5) is 22.9. The number of carbonyl (C=O) groups excluding carboxylic acids is 2. The smallest absolute Gasteiger partial charge is 0.312 e. The van der Waals surface area contributed by atoms with Crippen LogP contribution in [0.1, 0.15) is 72.6 Å². The van der Waals surface area contributed by atoms with Crippen molar-refractivity contribution >= 4 is 11.9 Å². The largest absolute Gasteiger partial charge is 0.355 e. The van der Waals surface area contributed by atoms with Crippen LogP contribution in [0.2, 0.25) is 0 Å². The predicted molar refractivity (Wildman–Crippen MR) is 104 cm³/mol. The lowest BCUT2D eigenvalue weighted by molar-refractivity contribution is -0.124. The molecule has 0 radical (unpaired) electrons. The van der Waals surface area contributed by atoms with Gasteiger partial charge in [0.15, 0.2) is 0 Å². The van der Waals surface area contributed by atoms with E-state index in [2.05, 4.69) is 43.6 Å². The molecule has 0 unspecified atom stereocenters. The third-order valence-electron chi connectivity index (χ3n) is 4.22. The van der Waals surface area contributed by atoms with Crippen LogP contribution in [0.5, 0.6) is 0 Å². The van der Waals surface area contributed by atoms with Gasteiger partial charge in [0.25, 0.3) is 0 Å². The lowest BCUT2D eigenvalue weighted by Gasteiger charge is -2.22. The molecule has 5 N–H and O–H groups in total. The van der Waals surface area contributed by atoms with E-state index < -0.39 is 6.03 Å². The highest BCUT2D eigenvalue weighted by molar-refractivity contribution is 5.81. The predicted octanol–water partition coefficient (Wildman–Crippen LogP) is 2.77. The van der Waals surface area contributed by atoms with Crippen LogP contribution in [0.3, 0.4) is 0 Å². The monoisotopic (exact) mass is 356 g/mol. The van der Waals surface area contributed by atoms with Crippen LogP contribution in [0.15, 0.2) is 0 Å². The van der Waals surface area contributed by atoms with Gasteiger partial charge >= 0.3 is 6.03 Å². The van der Waals surface area contributed by atoms with E-state index in [9.17, 15) is 9.59 Å². The van der Waals surface area contributed by atoms with Gasteiger partial charge in [-0.15, -0.1) is 0 Å². The fourth-order valence-electron chi connectivity index (χ4n) is 2.70. The van der Waals surface area contributed by atoms with Crippen LogP contribution >= 0.6 is 0 Å². The first-order valence-corrected chi connectivity index (χ1v) is 9.89. The molecular formula is C19H40N4O2. The van der Waals surface area contributed by atoms with Gasteiger partial charge in [-0.3, -0.25) is 4.79 Å². The molecule has 0 spiro atoms. The molecule has 6 heteroatoms. The maximum Gasteiger partial charge on any atom is 0.312 e. The van der Waals surface area contributed by atoms with Crippen molar-refractivity contribution in [2.24, 2.45) is 17.6 Å². The molecule has 0 bridgehead atoms. The molecule has 0 aromatic heterocycles. The van der Waals surface area contributed by atoms with Gasteiger partial charge in [0.2, 0.25) is 5.91 Å². The first-order chi connectivity index (χ1) is 11.8. The summed E-state index contributed by atoms with van der Waals surface area (Å²) in [5, 5.41) is 8.92. The van der Waals surface area contributed by atoms with Crippen molar-refractivity contribution in [2.75, 3.05) is 19.6 Å². The molecule has 148 valence electrons. The molecule has 0 aliphatic rings. The van der Waals surface area contributed by atoms with E-state index in [1.807, 2.05) is 0 Å². The normalized spacial score (nSPS) is 12.4. The minimum atomic E-state index is -0.502. The van der Waals surface area contributed by atoms with Crippen molar-refractivity contribution in [1.82, 2.24) is 16.0 Å². The second kappa shape index (κ2) is 15.0. The van der Waals surface area contributed by atoms with E-state index in [1.54, 1.807) is 0 Å². The van der Waals surface area contributed by atoms with Crippen molar-refractivity contribution in [1.29, 1.82) is 0 Å². The summed E-state index contributed by atoms with van der Waals surface area (Å²) in [5.74, 6) is 1.12. The zero-order valence-corrected chi connectivity index (χ0v) is 16.7. The summed E-state index contributed by atoms with van der Waals surface area (Å²) in [6.07, 6.45) is 7.85.